The van der Waals surface area contributed by atoms with Crippen LogP contribution in [0.25, 0.3) is 61.3 Å². The van der Waals surface area contributed by atoms with Crippen LogP contribution in [0.5, 0.6) is 11.5 Å². The summed E-state index contributed by atoms with van der Waals surface area (Å²) < 4.78 is 13.2. The lowest BCUT2D eigenvalue weighted by atomic mass is 9.78. The van der Waals surface area contributed by atoms with Crippen LogP contribution >= 0.6 is 0 Å². The molecule has 3 aromatic heterocycles. The largest absolute Gasteiger partial charge is 0.458 e. The van der Waals surface area contributed by atoms with Crippen molar-refractivity contribution in [3.63, 3.8) is 0 Å². The maximum atomic E-state index is 6.70. The summed E-state index contributed by atoms with van der Waals surface area (Å²) in [6.07, 6.45) is 9.82. The molecule has 0 aliphatic heterocycles. The highest BCUT2D eigenvalue weighted by molar-refractivity contribution is 6.09. The maximum Gasteiger partial charge on any atom is 0.268 e. The molecule has 0 fully saturated rings. The molecule has 0 N–H and O–H groups in total. The molecule has 0 aliphatic rings. The first-order chi connectivity index (χ1) is 30.0. The fourth-order valence-corrected chi connectivity index (χ4v) is 8.54. The second-order valence-corrected chi connectivity index (χ2v) is 20.2. The third-order valence-electron chi connectivity index (χ3n) is 12.7. The first-order valence-electron chi connectivity index (χ1n) is 22.2. The molecule has 9 rings (SSSR count). The Morgan fingerprint density at radius 1 is 0.587 bits per heavy atom. The normalized spacial score (nSPS) is 12.9. The van der Waals surface area contributed by atoms with Crippen molar-refractivity contribution >= 4 is 21.8 Å². The van der Waals surface area contributed by atoms with E-state index in [1.165, 1.54) is 27.6 Å². The van der Waals surface area contributed by atoms with Crippen LogP contribution in [0, 0.1) is 11.7 Å². The lowest BCUT2D eigenvalue weighted by Gasteiger charge is -2.27. The average Bonchev–Trinajstić information content (AvgIpc) is 3.89. The maximum absolute atomic E-state index is 6.70. The fraction of sp³-hybridized carbons (Fsp3) is 0.241. The Labute approximate surface area is 373 Å². The van der Waals surface area contributed by atoms with Crippen molar-refractivity contribution in [3.05, 3.63) is 187 Å². The van der Waals surface area contributed by atoms with Gasteiger partial charge in [0.2, 0.25) is 0 Å². The van der Waals surface area contributed by atoms with Gasteiger partial charge in [0.25, 0.3) is 6.33 Å². The van der Waals surface area contributed by atoms with Crippen molar-refractivity contribution < 1.29 is 9.30 Å². The molecule has 0 saturated carbocycles. The molecule has 9 aromatic rings. The van der Waals surface area contributed by atoms with Crippen molar-refractivity contribution in [3.8, 4) is 50.9 Å². The van der Waals surface area contributed by atoms with Crippen LogP contribution in [-0.2, 0) is 10.8 Å². The highest BCUT2D eigenvalue weighted by Crippen LogP contribution is 2.40. The van der Waals surface area contributed by atoms with Gasteiger partial charge in [0.05, 0.1) is 22.4 Å². The Morgan fingerprint density at radius 2 is 1.24 bits per heavy atom. The number of ether oxygens (including phenoxy) is 1. The summed E-state index contributed by atoms with van der Waals surface area (Å²) >= 11 is 0. The molecule has 0 aliphatic carbocycles. The molecule has 5 heteroatoms. The molecule has 5 nitrogen and oxygen atoms in total. The Balaban J connectivity index is 1.10. The van der Waals surface area contributed by atoms with Crippen molar-refractivity contribution in [1.82, 2.24) is 14.1 Å². The van der Waals surface area contributed by atoms with Gasteiger partial charge in [-0.3, -0.25) is 13.7 Å². The van der Waals surface area contributed by atoms with Gasteiger partial charge in [0.1, 0.15) is 17.3 Å². The smallest absolute Gasteiger partial charge is 0.268 e. The van der Waals surface area contributed by atoms with Gasteiger partial charge in [-0.2, -0.15) is 0 Å². The number of nitrogens with zero attached hydrogens (tertiary/aromatic N) is 4. The summed E-state index contributed by atoms with van der Waals surface area (Å²) in [6, 6.07) is 52.0. The highest BCUT2D eigenvalue weighted by Gasteiger charge is 2.25. The van der Waals surface area contributed by atoms with E-state index in [0.717, 1.165) is 61.8 Å². The van der Waals surface area contributed by atoms with Crippen LogP contribution in [0.2, 0.25) is 0 Å². The fourth-order valence-electron chi connectivity index (χ4n) is 8.54. The van der Waals surface area contributed by atoms with Crippen LogP contribution in [-0.4, -0.2) is 14.1 Å². The van der Waals surface area contributed by atoms with Crippen molar-refractivity contribution in [2.24, 2.45) is 5.41 Å². The average molecular weight is 827 g/mol. The van der Waals surface area contributed by atoms with E-state index in [9.17, 15) is 0 Å². The van der Waals surface area contributed by atoms with Crippen LogP contribution in [0.4, 0.5) is 0 Å². The number of fused-ring (bicyclic) bond motifs is 3. The van der Waals surface area contributed by atoms with Gasteiger partial charge in [-0.25, -0.2) is 4.98 Å². The summed E-state index contributed by atoms with van der Waals surface area (Å²) in [4.78, 5) is 4.92. The first-order valence-corrected chi connectivity index (χ1v) is 22.2. The van der Waals surface area contributed by atoms with E-state index in [2.05, 4.69) is 231 Å². The summed E-state index contributed by atoms with van der Waals surface area (Å²) in [5.74, 6) is 2.75. The van der Waals surface area contributed by atoms with Crippen LogP contribution in [0.3, 0.4) is 0 Å². The summed E-state index contributed by atoms with van der Waals surface area (Å²) in [5, 5.41) is 2.34. The molecule has 0 amide bonds. The molecule has 0 spiro atoms. The Kier molecular flexibility index (Phi) is 10.5. The van der Waals surface area contributed by atoms with E-state index in [0.29, 0.717) is 5.92 Å². The van der Waals surface area contributed by atoms with E-state index < -0.39 is 0 Å². The van der Waals surface area contributed by atoms with Gasteiger partial charge in [-0.15, -0.1) is 0 Å². The molecule has 316 valence electrons. The monoisotopic (exact) mass is 826 g/mol. The molecule has 3 heterocycles. The topological polar surface area (TPSA) is 35.9 Å². The number of benzene rings is 6. The van der Waals surface area contributed by atoms with Crippen LogP contribution in [0.15, 0.2) is 164 Å². The highest BCUT2D eigenvalue weighted by atomic mass is 16.5. The molecular formula is C58H58N4O. The summed E-state index contributed by atoms with van der Waals surface area (Å²) in [7, 11) is 0. The SMILES string of the molecule is CC(c1ccnc(-n2c3ccccc3c3ccc(Oc4cccc(-n5[c-][n+](-c6c(-c7ccccc7)cccc6-c6cc(C(C)(C)C)cc(C(C)(C)C)c6)cc5)c4)cc32)c1)C(C)(C)C. The van der Waals surface area contributed by atoms with Gasteiger partial charge in [-0.05, 0) is 110 Å². The lowest BCUT2D eigenvalue weighted by Crippen LogP contribution is -2.30. The minimum Gasteiger partial charge on any atom is -0.458 e. The molecule has 6 aromatic carbocycles. The van der Waals surface area contributed by atoms with E-state index in [4.69, 9.17) is 9.72 Å². The molecule has 0 saturated heterocycles. The van der Waals surface area contributed by atoms with Crippen LogP contribution in [0.1, 0.15) is 91.8 Å². The van der Waals surface area contributed by atoms with Gasteiger partial charge in [-0.1, -0.05) is 160 Å². The number of rotatable bonds is 8. The van der Waals surface area contributed by atoms with Crippen molar-refractivity contribution in [1.29, 1.82) is 0 Å². The molecule has 1 unspecified atom stereocenters. The second-order valence-electron chi connectivity index (χ2n) is 20.2. The zero-order valence-electron chi connectivity index (χ0n) is 38.4. The number of hydrogen-bond acceptors (Lipinski definition) is 2. The molecule has 0 bridgehead atoms. The zero-order chi connectivity index (χ0) is 44.3. The predicted molar refractivity (Wildman–Crippen MR) is 261 cm³/mol. The minimum atomic E-state index is -0.0129. The molecule has 1 atom stereocenters. The quantitative estimate of drug-likeness (QED) is 0.113. The van der Waals surface area contributed by atoms with Gasteiger partial charge >= 0.3 is 0 Å². The van der Waals surface area contributed by atoms with E-state index in [1.807, 2.05) is 22.9 Å². The number of hydrogen-bond donors (Lipinski definition) is 0. The number of aromatic nitrogens is 4. The van der Waals surface area contributed by atoms with E-state index in [1.54, 1.807) is 0 Å². The van der Waals surface area contributed by atoms with Gasteiger partial charge < -0.3 is 4.74 Å². The van der Waals surface area contributed by atoms with Crippen LogP contribution < -0.4 is 9.30 Å². The Morgan fingerprint density at radius 3 is 1.95 bits per heavy atom. The third-order valence-corrected chi connectivity index (χ3v) is 12.7. The number of pyridine rings is 1. The number of imidazole rings is 1. The van der Waals surface area contributed by atoms with Crippen molar-refractivity contribution in [2.45, 2.75) is 86.0 Å². The Hall–Kier alpha value is -6.72. The van der Waals surface area contributed by atoms with E-state index in [-0.39, 0.29) is 16.2 Å². The Bertz CT molecular complexity index is 3080. The van der Waals surface area contributed by atoms with Gasteiger partial charge in [0, 0.05) is 35.4 Å². The molecule has 63 heavy (non-hydrogen) atoms. The molecular weight excluding hydrogens is 769 g/mol. The predicted octanol–water partition coefficient (Wildman–Crippen LogP) is 14.9. The second kappa shape index (κ2) is 15.9. The summed E-state index contributed by atoms with van der Waals surface area (Å²) in [5.41, 5.74) is 12.8. The standard InChI is InChI=1S/C58H58N4O/c1-39(56(2,3)4)41-28-29-59-54(34-41)62-52-25-15-14-22-50(52)51-27-26-47(37-53(51)62)63-46-21-16-20-45(36-46)60-30-31-61(38-60)55-48(40-18-12-11-13-19-40)23-17-24-49(55)42-32-43(57(5,6)7)35-44(33-42)58(8,9)10/h11-37,39H,1-10H3. The third kappa shape index (κ3) is 8.21. The zero-order valence-corrected chi connectivity index (χ0v) is 38.4. The van der Waals surface area contributed by atoms with Gasteiger partial charge in [0.15, 0.2) is 0 Å². The minimum absolute atomic E-state index is 0.0129. The lowest BCUT2D eigenvalue weighted by molar-refractivity contribution is -0.598. The molecule has 0 radical (unpaired) electrons. The number of para-hydroxylation sites is 2. The van der Waals surface area contributed by atoms with Crippen molar-refractivity contribution in [2.75, 3.05) is 0 Å². The van der Waals surface area contributed by atoms with E-state index >= 15 is 0 Å². The summed E-state index contributed by atoms with van der Waals surface area (Å²) in [6.45, 7) is 22.9. The first kappa shape index (κ1) is 41.6.